The molecule has 0 saturated heterocycles. The highest BCUT2D eigenvalue weighted by molar-refractivity contribution is 7.90. The Morgan fingerprint density at radius 2 is 1.90 bits per heavy atom. The van der Waals surface area contributed by atoms with E-state index in [-0.39, 0.29) is 24.5 Å². The summed E-state index contributed by atoms with van der Waals surface area (Å²) in [5.41, 5.74) is -0.769. The Hall–Kier alpha value is -2.14. The molecule has 0 unspecified atom stereocenters. The monoisotopic (exact) mass is 454 g/mol. The summed E-state index contributed by atoms with van der Waals surface area (Å²) in [5.74, 6) is -0.953. The molecular weight excluding hydrogens is 436 g/mol. The third-order valence-corrected chi connectivity index (χ3v) is 5.42. The number of rotatable bonds is 7. The van der Waals surface area contributed by atoms with E-state index >= 15 is 0 Å². The minimum atomic E-state index is -4.66. The quantitative estimate of drug-likeness (QED) is 0.481. The summed E-state index contributed by atoms with van der Waals surface area (Å²) in [7, 11) is -3.74. The molecule has 29 heavy (non-hydrogen) atoms. The van der Waals surface area contributed by atoms with E-state index < -0.39 is 37.4 Å². The maximum Gasteiger partial charge on any atom is 0.420 e. The summed E-state index contributed by atoms with van der Waals surface area (Å²) >= 11 is 5.61. The Morgan fingerprint density at radius 3 is 2.41 bits per heavy atom. The van der Waals surface area contributed by atoms with E-state index in [1.165, 1.54) is 12.1 Å². The van der Waals surface area contributed by atoms with Gasteiger partial charge in [0.1, 0.15) is 21.4 Å². The highest BCUT2D eigenvalue weighted by Gasteiger charge is 2.34. The van der Waals surface area contributed by atoms with E-state index in [1.807, 2.05) is 13.8 Å². The lowest BCUT2D eigenvalue weighted by molar-refractivity contribution is -0.137. The van der Waals surface area contributed by atoms with Crippen LogP contribution in [0.15, 0.2) is 29.3 Å². The highest BCUT2D eigenvalue weighted by atomic mass is 35.5. The minimum absolute atomic E-state index is 0.0120. The van der Waals surface area contributed by atoms with Crippen molar-refractivity contribution < 1.29 is 26.0 Å². The molecule has 0 bridgehead atoms. The predicted octanol–water partition coefficient (Wildman–Crippen LogP) is 4.24. The van der Waals surface area contributed by atoms with Crippen molar-refractivity contribution >= 4 is 33.1 Å². The average molecular weight is 455 g/mol. The van der Waals surface area contributed by atoms with E-state index in [2.05, 4.69) is 20.6 Å². The first-order valence-electron chi connectivity index (χ1n) is 8.38. The molecule has 1 aromatic heterocycles. The van der Waals surface area contributed by atoms with Crippen LogP contribution >= 0.6 is 11.6 Å². The second-order valence-corrected chi connectivity index (χ2v) is 9.03. The Balaban J connectivity index is 2.15. The molecular formula is C17H19ClF4N4O2S. The zero-order chi connectivity index (χ0) is 22.0. The molecule has 1 heterocycles. The molecule has 0 radical (unpaired) electrons. The largest absolute Gasteiger partial charge is 0.420 e. The molecule has 0 saturated carbocycles. The van der Waals surface area contributed by atoms with Crippen molar-refractivity contribution in [3.63, 3.8) is 0 Å². The van der Waals surface area contributed by atoms with Gasteiger partial charge in [0.05, 0.1) is 0 Å². The lowest BCUT2D eigenvalue weighted by atomic mass is 10.0. The number of hydrogen-bond acceptors (Lipinski definition) is 6. The van der Waals surface area contributed by atoms with E-state index in [1.54, 1.807) is 0 Å². The number of sulfone groups is 1. The minimum Gasteiger partial charge on any atom is -0.383 e. The molecule has 1 aromatic carbocycles. The van der Waals surface area contributed by atoms with Crippen LogP contribution in [0.2, 0.25) is 5.15 Å². The molecule has 0 amide bonds. The van der Waals surface area contributed by atoms with Crippen LogP contribution in [0.4, 0.5) is 29.2 Å². The van der Waals surface area contributed by atoms with Gasteiger partial charge in [0.25, 0.3) is 0 Å². The maximum atomic E-state index is 13.7. The number of nitrogens with zero attached hydrogens (tertiary/aromatic N) is 2. The van der Waals surface area contributed by atoms with Gasteiger partial charge in [0.2, 0.25) is 5.95 Å². The van der Waals surface area contributed by atoms with Crippen LogP contribution in [0.5, 0.6) is 0 Å². The van der Waals surface area contributed by atoms with Crippen LogP contribution in [0.3, 0.4) is 0 Å². The summed E-state index contributed by atoms with van der Waals surface area (Å²) in [6.45, 7) is 3.95. The molecule has 0 aliphatic rings. The number of anilines is 2. The van der Waals surface area contributed by atoms with Crippen LogP contribution in [-0.2, 0) is 16.0 Å². The Bertz CT molecular complexity index is 984. The van der Waals surface area contributed by atoms with Crippen LogP contribution in [0.25, 0.3) is 0 Å². The topological polar surface area (TPSA) is 84.0 Å². The molecule has 0 aliphatic heterocycles. The van der Waals surface area contributed by atoms with Gasteiger partial charge < -0.3 is 10.6 Å². The molecule has 2 N–H and O–H groups in total. The third-order valence-electron chi connectivity index (χ3n) is 4.02. The van der Waals surface area contributed by atoms with Crippen molar-refractivity contribution in [2.45, 2.75) is 31.0 Å². The normalized spacial score (nSPS) is 13.4. The van der Waals surface area contributed by atoms with Crippen molar-refractivity contribution in [2.24, 2.45) is 5.92 Å². The predicted molar refractivity (Wildman–Crippen MR) is 102 cm³/mol. The number of hydrogen-bond donors (Lipinski definition) is 2. The van der Waals surface area contributed by atoms with Crippen molar-refractivity contribution in [1.29, 1.82) is 0 Å². The summed E-state index contributed by atoms with van der Waals surface area (Å²) in [6, 6.07) is 3.24. The zero-order valence-corrected chi connectivity index (χ0v) is 17.3. The highest BCUT2D eigenvalue weighted by Crippen LogP contribution is 2.33. The maximum absolute atomic E-state index is 13.7. The third kappa shape index (κ3) is 6.17. The first kappa shape index (κ1) is 23.1. The zero-order valence-electron chi connectivity index (χ0n) is 15.7. The van der Waals surface area contributed by atoms with Crippen LogP contribution in [-0.4, -0.2) is 37.2 Å². The van der Waals surface area contributed by atoms with Gasteiger partial charge >= 0.3 is 6.18 Å². The average Bonchev–Trinajstić information content (AvgIpc) is 2.57. The van der Waals surface area contributed by atoms with Gasteiger partial charge in [-0.2, -0.15) is 13.2 Å². The SMILES string of the molecule is CC(C)[C@H](CNc1ccc(F)c(S(C)(=O)=O)c1)Nc1ncc(C(F)(F)F)c(Cl)n1. The van der Waals surface area contributed by atoms with Gasteiger partial charge in [-0.3, -0.25) is 0 Å². The van der Waals surface area contributed by atoms with Crippen molar-refractivity contribution in [3.05, 3.63) is 40.9 Å². The van der Waals surface area contributed by atoms with Crippen molar-refractivity contribution in [3.8, 4) is 0 Å². The van der Waals surface area contributed by atoms with E-state index in [4.69, 9.17) is 11.6 Å². The molecule has 2 aromatic rings. The Labute approximate surface area is 170 Å². The molecule has 1 atom stereocenters. The van der Waals surface area contributed by atoms with Gasteiger partial charge in [-0.1, -0.05) is 25.4 Å². The number of nitrogens with one attached hydrogen (secondary N) is 2. The smallest absolute Gasteiger partial charge is 0.383 e. The number of halogens is 5. The fourth-order valence-corrected chi connectivity index (χ4v) is 3.36. The van der Waals surface area contributed by atoms with E-state index in [9.17, 15) is 26.0 Å². The van der Waals surface area contributed by atoms with Crippen LogP contribution in [0, 0.1) is 11.7 Å². The first-order chi connectivity index (χ1) is 13.3. The van der Waals surface area contributed by atoms with E-state index in [0.29, 0.717) is 11.9 Å². The molecule has 0 spiro atoms. The van der Waals surface area contributed by atoms with Crippen molar-refractivity contribution in [1.82, 2.24) is 9.97 Å². The van der Waals surface area contributed by atoms with Gasteiger partial charge in [-0.05, 0) is 24.1 Å². The summed E-state index contributed by atoms with van der Waals surface area (Å²) in [6.07, 6.45) is -3.16. The van der Waals surface area contributed by atoms with Gasteiger partial charge in [0, 0.05) is 30.7 Å². The lowest BCUT2D eigenvalue weighted by Gasteiger charge is -2.23. The fraction of sp³-hybridized carbons (Fsp3) is 0.412. The summed E-state index contributed by atoms with van der Waals surface area (Å²) in [4.78, 5) is 6.86. The first-order valence-corrected chi connectivity index (χ1v) is 10.7. The second kappa shape index (κ2) is 8.70. The molecule has 2 rings (SSSR count). The standard InChI is InChI=1S/C17H19ClF4N4O2S/c1-9(2)13(25-16-24-7-11(15(18)26-16)17(20,21)22)8-23-10-4-5-12(19)14(6-10)29(3,27)28/h4-7,9,13,23H,8H2,1-3H3,(H,24,25,26)/t13-/m0/s1. The Morgan fingerprint density at radius 1 is 1.24 bits per heavy atom. The molecule has 0 fully saturated rings. The molecule has 160 valence electrons. The molecule has 0 aliphatic carbocycles. The summed E-state index contributed by atoms with van der Waals surface area (Å²) < 4.78 is 75.3. The molecule has 6 nitrogen and oxygen atoms in total. The Kier molecular flexibility index (Phi) is 6.94. The van der Waals surface area contributed by atoms with Gasteiger partial charge in [0.15, 0.2) is 9.84 Å². The number of alkyl halides is 3. The van der Waals surface area contributed by atoms with Crippen molar-refractivity contribution in [2.75, 3.05) is 23.4 Å². The van der Waals surface area contributed by atoms with Crippen LogP contribution < -0.4 is 10.6 Å². The molecule has 12 heteroatoms. The summed E-state index contributed by atoms with van der Waals surface area (Å²) in [5, 5.41) is 5.15. The fourth-order valence-electron chi connectivity index (χ4n) is 2.37. The van der Waals surface area contributed by atoms with Crippen LogP contribution in [0.1, 0.15) is 19.4 Å². The van der Waals surface area contributed by atoms with Gasteiger partial charge in [-0.15, -0.1) is 0 Å². The lowest BCUT2D eigenvalue weighted by Crippen LogP contribution is -2.34. The van der Waals surface area contributed by atoms with Gasteiger partial charge in [-0.25, -0.2) is 22.8 Å². The second-order valence-electron chi connectivity index (χ2n) is 6.69. The number of benzene rings is 1. The number of aromatic nitrogens is 2. The van der Waals surface area contributed by atoms with E-state index in [0.717, 1.165) is 12.3 Å².